The van der Waals surface area contributed by atoms with Crippen molar-refractivity contribution in [3.05, 3.63) is 76.6 Å². The van der Waals surface area contributed by atoms with E-state index in [2.05, 4.69) is 15.3 Å². The minimum atomic E-state index is -0.228. The van der Waals surface area contributed by atoms with Crippen LogP contribution in [0.3, 0.4) is 0 Å². The number of aromatic nitrogens is 2. The first kappa shape index (κ1) is 16.9. The number of anilines is 1. The van der Waals surface area contributed by atoms with Crippen LogP contribution in [-0.4, -0.2) is 15.9 Å². The van der Waals surface area contributed by atoms with Crippen LogP contribution in [-0.2, 0) is 0 Å². The molecule has 1 aromatic heterocycles. The van der Waals surface area contributed by atoms with Gasteiger partial charge in [-0.15, -0.1) is 0 Å². The Kier molecular flexibility index (Phi) is 4.95. The van der Waals surface area contributed by atoms with Crippen LogP contribution in [0.25, 0.3) is 0 Å². The van der Waals surface area contributed by atoms with Crippen molar-refractivity contribution in [1.29, 1.82) is 0 Å². The highest BCUT2D eigenvalue weighted by atomic mass is 35.5. The normalized spacial score (nSPS) is 10.4. The number of hydrogen-bond donors (Lipinski definition) is 1. The van der Waals surface area contributed by atoms with Crippen molar-refractivity contribution < 1.29 is 9.53 Å². The monoisotopic (exact) mass is 353 g/mol. The van der Waals surface area contributed by atoms with Gasteiger partial charge in [-0.2, -0.15) is 0 Å². The molecule has 0 unspecified atom stereocenters. The zero-order chi connectivity index (χ0) is 17.8. The molecule has 1 amide bonds. The zero-order valence-electron chi connectivity index (χ0n) is 13.8. The number of nitrogens with zero attached hydrogens (tertiary/aromatic N) is 2. The Hall–Kier alpha value is -2.92. The summed E-state index contributed by atoms with van der Waals surface area (Å²) in [6.07, 6.45) is 0. The number of halogens is 1. The molecule has 0 radical (unpaired) electrons. The lowest BCUT2D eigenvalue weighted by Gasteiger charge is -2.08. The van der Waals surface area contributed by atoms with Crippen LogP contribution in [0.15, 0.2) is 54.6 Å². The smallest absolute Gasteiger partial charge is 0.322 e. The van der Waals surface area contributed by atoms with Crippen LogP contribution in [0.5, 0.6) is 11.8 Å². The van der Waals surface area contributed by atoms with Crippen LogP contribution < -0.4 is 10.1 Å². The van der Waals surface area contributed by atoms with E-state index in [0.29, 0.717) is 28.0 Å². The minimum Gasteiger partial charge on any atom is -0.424 e. The minimum absolute atomic E-state index is 0.228. The van der Waals surface area contributed by atoms with E-state index in [0.717, 1.165) is 11.4 Å². The highest BCUT2D eigenvalue weighted by Crippen LogP contribution is 2.21. The summed E-state index contributed by atoms with van der Waals surface area (Å²) in [4.78, 5) is 20.7. The summed E-state index contributed by atoms with van der Waals surface area (Å²) in [5.74, 6) is 0.361. The Morgan fingerprint density at radius 2 is 1.68 bits per heavy atom. The number of carbonyl (C=O) groups is 1. The van der Waals surface area contributed by atoms with Crippen molar-refractivity contribution in [2.24, 2.45) is 0 Å². The molecule has 1 heterocycles. The molecule has 0 fully saturated rings. The fraction of sp³-hybridized carbons (Fsp3) is 0.105. The summed E-state index contributed by atoms with van der Waals surface area (Å²) in [5, 5.41) is 3.33. The van der Waals surface area contributed by atoms with Gasteiger partial charge in [0.1, 0.15) is 5.75 Å². The Morgan fingerprint density at radius 1 is 1.00 bits per heavy atom. The molecule has 5 nitrogen and oxygen atoms in total. The molecule has 0 aliphatic heterocycles. The van der Waals surface area contributed by atoms with Gasteiger partial charge in [-0.1, -0.05) is 17.7 Å². The topological polar surface area (TPSA) is 64.1 Å². The summed E-state index contributed by atoms with van der Waals surface area (Å²) in [6, 6.07) is 15.9. The van der Waals surface area contributed by atoms with Gasteiger partial charge in [0.05, 0.1) is 0 Å². The molecule has 0 spiro atoms. The van der Waals surface area contributed by atoms with Crippen LogP contribution in [0.4, 0.5) is 5.69 Å². The van der Waals surface area contributed by atoms with Crippen molar-refractivity contribution in [3.8, 4) is 11.8 Å². The molecule has 3 aromatic rings. The first-order valence-electron chi connectivity index (χ1n) is 7.67. The lowest BCUT2D eigenvalue weighted by atomic mass is 10.2. The highest BCUT2D eigenvalue weighted by molar-refractivity contribution is 6.31. The fourth-order valence-corrected chi connectivity index (χ4v) is 2.47. The van der Waals surface area contributed by atoms with Gasteiger partial charge in [-0.05, 0) is 62.4 Å². The summed E-state index contributed by atoms with van der Waals surface area (Å²) in [5.41, 5.74) is 2.83. The molecule has 126 valence electrons. The first-order chi connectivity index (χ1) is 12.0. The van der Waals surface area contributed by atoms with Crippen molar-refractivity contribution in [3.63, 3.8) is 0 Å². The summed E-state index contributed by atoms with van der Waals surface area (Å²) in [7, 11) is 0. The third-order valence-electron chi connectivity index (χ3n) is 3.37. The first-order valence-corrected chi connectivity index (χ1v) is 8.04. The molecule has 6 heteroatoms. The van der Waals surface area contributed by atoms with Gasteiger partial charge in [0.25, 0.3) is 5.91 Å². The van der Waals surface area contributed by atoms with E-state index < -0.39 is 0 Å². The van der Waals surface area contributed by atoms with Crippen LogP contribution in [0, 0.1) is 13.8 Å². The van der Waals surface area contributed by atoms with Crippen molar-refractivity contribution in [2.75, 3.05) is 5.32 Å². The SMILES string of the molecule is Cc1cc(C)nc(Oc2ccc(NC(=O)c3cccc(Cl)c3)cc2)n1. The van der Waals surface area contributed by atoms with E-state index in [1.807, 2.05) is 19.9 Å². The van der Waals surface area contributed by atoms with E-state index in [9.17, 15) is 4.79 Å². The van der Waals surface area contributed by atoms with Gasteiger partial charge in [-0.3, -0.25) is 4.79 Å². The van der Waals surface area contributed by atoms with Crippen LogP contribution >= 0.6 is 11.6 Å². The summed E-state index contributed by atoms with van der Waals surface area (Å²) < 4.78 is 5.65. The number of carbonyl (C=O) groups excluding carboxylic acids is 1. The van der Waals surface area contributed by atoms with Crippen molar-refractivity contribution in [1.82, 2.24) is 9.97 Å². The molecule has 0 saturated heterocycles. The quantitative estimate of drug-likeness (QED) is 0.732. The van der Waals surface area contributed by atoms with E-state index >= 15 is 0 Å². The maximum atomic E-state index is 12.2. The number of benzene rings is 2. The van der Waals surface area contributed by atoms with Gasteiger partial charge in [-0.25, -0.2) is 9.97 Å². The second-order valence-electron chi connectivity index (χ2n) is 5.52. The average Bonchev–Trinajstić information content (AvgIpc) is 2.56. The third kappa shape index (κ3) is 4.55. The van der Waals surface area contributed by atoms with Gasteiger partial charge < -0.3 is 10.1 Å². The molecule has 25 heavy (non-hydrogen) atoms. The molecular weight excluding hydrogens is 338 g/mol. The lowest BCUT2D eigenvalue weighted by Crippen LogP contribution is -2.11. The van der Waals surface area contributed by atoms with Crippen LogP contribution in [0.1, 0.15) is 21.7 Å². The maximum absolute atomic E-state index is 12.2. The number of nitrogens with one attached hydrogen (secondary N) is 1. The largest absolute Gasteiger partial charge is 0.424 e. The van der Waals surface area contributed by atoms with Crippen LogP contribution in [0.2, 0.25) is 5.02 Å². The second-order valence-corrected chi connectivity index (χ2v) is 5.96. The van der Waals surface area contributed by atoms with Crippen molar-refractivity contribution in [2.45, 2.75) is 13.8 Å². The molecular formula is C19H16ClN3O2. The van der Waals surface area contributed by atoms with Gasteiger partial charge in [0, 0.05) is 27.7 Å². The van der Waals surface area contributed by atoms with Gasteiger partial charge >= 0.3 is 6.01 Å². The molecule has 0 bridgehead atoms. The Labute approximate surface area is 150 Å². The predicted molar refractivity (Wildman–Crippen MR) is 97.4 cm³/mol. The summed E-state index contributed by atoms with van der Waals surface area (Å²) in [6.45, 7) is 3.77. The molecule has 0 aliphatic carbocycles. The Balaban J connectivity index is 1.68. The Bertz CT molecular complexity index is 891. The van der Waals surface area contributed by atoms with Gasteiger partial charge in [0.15, 0.2) is 0 Å². The zero-order valence-corrected chi connectivity index (χ0v) is 14.5. The average molecular weight is 354 g/mol. The van der Waals surface area contributed by atoms with Gasteiger partial charge in [0.2, 0.25) is 0 Å². The maximum Gasteiger partial charge on any atom is 0.322 e. The number of ether oxygens (including phenoxy) is 1. The fourth-order valence-electron chi connectivity index (χ4n) is 2.28. The molecule has 2 aromatic carbocycles. The van der Waals surface area contributed by atoms with E-state index in [1.54, 1.807) is 48.5 Å². The molecule has 1 N–H and O–H groups in total. The molecule has 3 rings (SSSR count). The van der Waals surface area contributed by atoms with Crippen molar-refractivity contribution >= 4 is 23.2 Å². The number of amides is 1. The number of hydrogen-bond acceptors (Lipinski definition) is 4. The Morgan fingerprint density at radius 3 is 2.32 bits per heavy atom. The summed E-state index contributed by atoms with van der Waals surface area (Å²) >= 11 is 5.90. The predicted octanol–water partition coefficient (Wildman–Crippen LogP) is 4.79. The molecule has 0 saturated carbocycles. The molecule has 0 aliphatic rings. The number of rotatable bonds is 4. The lowest BCUT2D eigenvalue weighted by molar-refractivity contribution is 0.102. The number of aryl methyl sites for hydroxylation is 2. The molecule has 0 atom stereocenters. The third-order valence-corrected chi connectivity index (χ3v) is 3.60. The standard InChI is InChI=1S/C19H16ClN3O2/c1-12-10-13(2)22-19(21-12)25-17-8-6-16(7-9-17)23-18(24)14-4-3-5-15(20)11-14/h3-11H,1-2H3,(H,23,24). The van der Waals surface area contributed by atoms with E-state index in [-0.39, 0.29) is 5.91 Å². The van der Waals surface area contributed by atoms with E-state index in [4.69, 9.17) is 16.3 Å². The second kappa shape index (κ2) is 7.32. The van der Waals surface area contributed by atoms with E-state index in [1.165, 1.54) is 0 Å². The highest BCUT2D eigenvalue weighted by Gasteiger charge is 2.07.